The van der Waals surface area contributed by atoms with Crippen molar-refractivity contribution in [3.05, 3.63) is 46.2 Å². The molecule has 0 fully saturated rings. The molecule has 0 bridgehead atoms. The summed E-state index contributed by atoms with van der Waals surface area (Å²) in [5.74, 6) is -1.39. The minimum atomic E-state index is -1.39. The van der Waals surface area contributed by atoms with Gasteiger partial charge in [-0.05, 0) is 32.9 Å². The van der Waals surface area contributed by atoms with E-state index in [2.05, 4.69) is 0 Å². The number of hydrogen-bond donors (Lipinski definition) is 1. The second kappa shape index (κ2) is 5.05. The Labute approximate surface area is 120 Å². The van der Waals surface area contributed by atoms with Crippen LogP contribution in [0.25, 0.3) is 10.9 Å². The predicted octanol–water partition coefficient (Wildman–Crippen LogP) is 2.48. The topological polar surface area (TPSA) is 85.6 Å². The van der Waals surface area contributed by atoms with Crippen LogP contribution in [0.1, 0.15) is 31.1 Å². The Hall–Kier alpha value is -2.63. The molecule has 0 atom stereocenters. The summed E-state index contributed by atoms with van der Waals surface area (Å²) >= 11 is 0. The maximum atomic E-state index is 12.2. The number of rotatable bonds is 1. The van der Waals surface area contributed by atoms with Crippen molar-refractivity contribution in [1.82, 2.24) is 4.57 Å². The van der Waals surface area contributed by atoms with Crippen LogP contribution >= 0.6 is 0 Å². The van der Waals surface area contributed by atoms with E-state index in [9.17, 15) is 14.4 Å². The van der Waals surface area contributed by atoms with E-state index in [4.69, 9.17) is 9.84 Å². The zero-order chi connectivity index (χ0) is 15.8. The molecule has 1 aromatic heterocycles. The molecule has 2 aromatic rings. The van der Waals surface area contributed by atoms with Crippen molar-refractivity contribution in [3.63, 3.8) is 0 Å². The first-order chi connectivity index (χ1) is 9.70. The van der Waals surface area contributed by atoms with E-state index >= 15 is 0 Å². The molecule has 6 nitrogen and oxygen atoms in total. The standard InChI is InChI=1S/C15H15NO5/c1-15(2,3)21-14(20)16-8-10(13(18)19)12(17)9-6-4-5-7-11(9)16/h4-8H,1-3H3,(H,18,19). The number of benzene rings is 1. The first-order valence-corrected chi connectivity index (χ1v) is 6.32. The van der Waals surface area contributed by atoms with Gasteiger partial charge in [-0.25, -0.2) is 9.59 Å². The van der Waals surface area contributed by atoms with Crippen LogP contribution < -0.4 is 5.43 Å². The van der Waals surface area contributed by atoms with Crippen molar-refractivity contribution in [1.29, 1.82) is 0 Å². The van der Waals surface area contributed by atoms with E-state index in [-0.39, 0.29) is 5.39 Å². The molecule has 1 heterocycles. The monoisotopic (exact) mass is 289 g/mol. The number of carboxylic acids is 1. The summed E-state index contributed by atoms with van der Waals surface area (Å²) in [4.78, 5) is 35.4. The Morgan fingerprint density at radius 3 is 2.38 bits per heavy atom. The maximum Gasteiger partial charge on any atom is 0.419 e. The lowest BCUT2D eigenvalue weighted by Crippen LogP contribution is -2.29. The molecule has 1 aromatic carbocycles. The number of aromatic nitrogens is 1. The van der Waals surface area contributed by atoms with Gasteiger partial charge in [-0.1, -0.05) is 12.1 Å². The average Bonchev–Trinajstić information content (AvgIpc) is 2.36. The molecule has 0 saturated heterocycles. The van der Waals surface area contributed by atoms with Crippen molar-refractivity contribution in [2.45, 2.75) is 26.4 Å². The van der Waals surface area contributed by atoms with Gasteiger partial charge in [0.1, 0.15) is 11.2 Å². The second-order valence-corrected chi connectivity index (χ2v) is 5.54. The van der Waals surface area contributed by atoms with Gasteiger partial charge in [0, 0.05) is 11.6 Å². The third kappa shape index (κ3) is 2.94. The Morgan fingerprint density at radius 2 is 1.81 bits per heavy atom. The Bertz CT molecular complexity index is 783. The van der Waals surface area contributed by atoms with Gasteiger partial charge in [0.05, 0.1) is 5.52 Å². The number of carboxylic acid groups (broad SMARTS) is 1. The number of para-hydroxylation sites is 1. The highest BCUT2D eigenvalue weighted by molar-refractivity contribution is 5.95. The van der Waals surface area contributed by atoms with E-state index < -0.39 is 28.7 Å². The molecule has 0 radical (unpaired) electrons. The number of carbonyl (C=O) groups is 2. The summed E-state index contributed by atoms with van der Waals surface area (Å²) in [6.07, 6.45) is 0.266. The maximum absolute atomic E-state index is 12.2. The summed E-state index contributed by atoms with van der Waals surface area (Å²) in [6, 6.07) is 6.30. The van der Waals surface area contributed by atoms with Crippen molar-refractivity contribution in [2.75, 3.05) is 0 Å². The molecule has 0 aliphatic carbocycles. The molecular weight excluding hydrogens is 274 g/mol. The normalized spacial score (nSPS) is 11.4. The largest absolute Gasteiger partial charge is 0.477 e. The second-order valence-electron chi connectivity index (χ2n) is 5.54. The van der Waals surface area contributed by atoms with Gasteiger partial charge in [0.25, 0.3) is 0 Å². The first kappa shape index (κ1) is 14.8. The fourth-order valence-corrected chi connectivity index (χ4v) is 1.89. The van der Waals surface area contributed by atoms with E-state index in [0.717, 1.165) is 10.8 Å². The van der Waals surface area contributed by atoms with Crippen LogP contribution in [0.2, 0.25) is 0 Å². The minimum Gasteiger partial charge on any atom is -0.477 e. The molecule has 0 aliphatic rings. The van der Waals surface area contributed by atoms with Gasteiger partial charge in [-0.15, -0.1) is 0 Å². The molecule has 1 N–H and O–H groups in total. The zero-order valence-electron chi connectivity index (χ0n) is 11.9. The summed E-state index contributed by atoms with van der Waals surface area (Å²) < 4.78 is 6.28. The highest BCUT2D eigenvalue weighted by atomic mass is 16.6. The minimum absolute atomic E-state index is 0.156. The van der Waals surface area contributed by atoms with Crippen LogP contribution in [0.3, 0.4) is 0 Å². The van der Waals surface area contributed by atoms with Gasteiger partial charge >= 0.3 is 12.1 Å². The molecule has 0 amide bonds. The molecule has 0 aliphatic heterocycles. The van der Waals surface area contributed by atoms with E-state index in [1.54, 1.807) is 39.0 Å². The Kier molecular flexibility index (Phi) is 3.55. The first-order valence-electron chi connectivity index (χ1n) is 6.32. The highest BCUT2D eigenvalue weighted by Gasteiger charge is 2.22. The third-order valence-electron chi connectivity index (χ3n) is 2.73. The van der Waals surface area contributed by atoms with Crippen LogP contribution in [-0.4, -0.2) is 27.3 Å². The molecule has 6 heteroatoms. The van der Waals surface area contributed by atoms with Crippen LogP contribution in [0.4, 0.5) is 4.79 Å². The number of carbonyl (C=O) groups excluding carboxylic acids is 1. The summed E-state index contributed by atoms with van der Waals surface area (Å²) in [5.41, 5.74) is -1.52. The number of fused-ring (bicyclic) bond motifs is 1. The molecule has 0 unspecified atom stereocenters. The molecule has 2 rings (SSSR count). The van der Waals surface area contributed by atoms with Gasteiger partial charge in [-0.2, -0.15) is 0 Å². The van der Waals surface area contributed by atoms with Crippen molar-refractivity contribution >= 4 is 23.0 Å². The SMILES string of the molecule is CC(C)(C)OC(=O)n1cc(C(=O)O)c(=O)c2ccccc21. The summed E-state index contributed by atoms with van der Waals surface area (Å²) in [5, 5.41) is 9.25. The van der Waals surface area contributed by atoms with Gasteiger partial charge in [0.15, 0.2) is 0 Å². The van der Waals surface area contributed by atoms with Crippen molar-refractivity contribution in [2.24, 2.45) is 0 Å². The lowest BCUT2D eigenvalue weighted by Gasteiger charge is -2.21. The molecule has 110 valence electrons. The van der Waals surface area contributed by atoms with Gasteiger partial charge in [-0.3, -0.25) is 9.36 Å². The van der Waals surface area contributed by atoms with Crippen LogP contribution in [-0.2, 0) is 4.74 Å². The van der Waals surface area contributed by atoms with Crippen LogP contribution in [0.15, 0.2) is 35.3 Å². The lowest BCUT2D eigenvalue weighted by molar-refractivity contribution is 0.0543. The van der Waals surface area contributed by atoms with E-state index in [1.165, 1.54) is 6.07 Å². The quantitative estimate of drug-likeness (QED) is 0.871. The Balaban J connectivity index is 2.73. The zero-order valence-corrected chi connectivity index (χ0v) is 11.9. The summed E-state index contributed by atoms with van der Waals surface area (Å²) in [7, 11) is 0. The fourth-order valence-electron chi connectivity index (χ4n) is 1.89. The lowest BCUT2D eigenvalue weighted by atomic mass is 10.1. The van der Waals surface area contributed by atoms with E-state index in [0.29, 0.717) is 5.52 Å². The molecular formula is C15H15NO5. The number of aromatic carboxylic acids is 1. The predicted molar refractivity (Wildman–Crippen MR) is 76.8 cm³/mol. The summed E-state index contributed by atoms with van der Waals surface area (Å²) in [6.45, 7) is 5.11. The highest BCUT2D eigenvalue weighted by Crippen LogP contribution is 2.15. The van der Waals surface area contributed by atoms with Gasteiger partial charge in [0.2, 0.25) is 5.43 Å². The smallest absolute Gasteiger partial charge is 0.419 e. The van der Waals surface area contributed by atoms with Gasteiger partial charge < -0.3 is 9.84 Å². The van der Waals surface area contributed by atoms with Crippen LogP contribution in [0, 0.1) is 0 Å². The molecule has 0 spiro atoms. The Morgan fingerprint density at radius 1 is 1.19 bits per heavy atom. The molecule has 21 heavy (non-hydrogen) atoms. The van der Waals surface area contributed by atoms with Crippen LogP contribution in [0.5, 0.6) is 0 Å². The average molecular weight is 289 g/mol. The number of ether oxygens (including phenoxy) is 1. The number of hydrogen-bond acceptors (Lipinski definition) is 4. The number of pyridine rings is 1. The third-order valence-corrected chi connectivity index (χ3v) is 2.73. The van der Waals surface area contributed by atoms with Crippen molar-refractivity contribution < 1.29 is 19.4 Å². The van der Waals surface area contributed by atoms with E-state index in [1.807, 2.05) is 0 Å². The fraction of sp³-hybridized carbons (Fsp3) is 0.267. The number of nitrogens with zero attached hydrogens (tertiary/aromatic N) is 1. The van der Waals surface area contributed by atoms with Crippen molar-refractivity contribution in [3.8, 4) is 0 Å². The molecule has 0 saturated carbocycles.